The number of nitrogens with zero attached hydrogens (tertiary/aromatic N) is 1. The van der Waals surface area contributed by atoms with E-state index in [1.807, 2.05) is 0 Å². The van der Waals surface area contributed by atoms with E-state index in [0.717, 1.165) is 18.9 Å². The van der Waals surface area contributed by atoms with Gasteiger partial charge < -0.3 is 10.6 Å². The van der Waals surface area contributed by atoms with E-state index in [4.69, 9.17) is 5.73 Å². The van der Waals surface area contributed by atoms with Gasteiger partial charge in [-0.05, 0) is 63.3 Å². The van der Waals surface area contributed by atoms with Gasteiger partial charge in [0.1, 0.15) is 0 Å². The number of rotatable bonds is 6. The van der Waals surface area contributed by atoms with Crippen LogP contribution in [0, 0.1) is 5.92 Å². The fraction of sp³-hybridized carbons (Fsp3) is 0.600. The van der Waals surface area contributed by atoms with Crippen molar-refractivity contribution in [2.75, 3.05) is 18.0 Å². The number of hydrogen-bond donors (Lipinski definition) is 1. The smallest absolute Gasteiger partial charge is 0.0368 e. The van der Waals surface area contributed by atoms with Crippen LogP contribution < -0.4 is 10.6 Å². The third kappa shape index (κ3) is 3.47. The van der Waals surface area contributed by atoms with Crippen molar-refractivity contribution in [3.05, 3.63) is 29.8 Å². The average molecular weight is 232 g/mol. The zero-order chi connectivity index (χ0) is 12.3. The van der Waals surface area contributed by atoms with Gasteiger partial charge in [-0.25, -0.2) is 0 Å². The van der Waals surface area contributed by atoms with Crippen molar-refractivity contribution < 1.29 is 0 Å². The molecule has 94 valence electrons. The van der Waals surface area contributed by atoms with Crippen LogP contribution in [0.2, 0.25) is 0 Å². The van der Waals surface area contributed by atoms with E-state index in [1.54, 1.807) is 0 Å². The minimum Gasteiger partial charge on any atom is -0.369 e. The molecule has 0 atom stereocenters. The van der Waals surface area contributed by atoms with E-state index >= 15 is 0 Å². The Morgan fingerprint density at radius 2 is 1.88 bits per heavy atom. The van der Waals surface area contributed by atoms with Gasteiger partial charge in [-0.15, -0.1) is 0 Å². The Balaban J connectivity index is 2.06. The fourth-order valence-electron chi connectivity index (χ4n) is 2.21. The van der Waals surface area contributed by atoms with Gasteiger partial charge in [-0.1, -0.05) is 12.1 Å². The summed E-state index contributed by atoms with van der Waals surface area (Å²) >= 11 is 0. The Morgan fingerprint density at radius 3 is 2.35 bits per heavy atom. The van der Waals surface area contributed by atoms with Gasteiger partial charge in [0.25, 0.3) is 0 Å². The molecule has 0 amide bonds. The first kappa shape index (κ1) is 12.4. The summed E-state index contributed by atoms with van der Waals surface area (Å²) in [6, 6.07) is 9.49. The van der Waals surface area contributed by atoms with E-state index in [-0.39, 0.29) is 0 Å². The maximum Gasteiger partial charge on any atom is 0.0368 e. The van der Waals surface area contributed by atoms with Crippen LogP contribution >= 0.6 is 0 Å². The zero-order valence-electron chi connectivity index (χ0n) is 11.0. The number of hydrogen-bond acceptors (Lipinski definition) is 2. The summed E-state index contributed by atoms with van der Waals surface area (Å²) in [5.41, 5.74) is 8.26. The molecule has 0 heterocycles. The van der Waals surface area contributed by atoms with Gasteiger partial charge >= 0.3 is 0 Å². The molecule has 2 heteroatoms. The van der Waals surface area contributed by atoms with E-state index in [0.29, 0.717) is 6.04 Å². The molecule has 0 aromatic heterocycles. The maximum atomic E-state index is 5.57. The normalized spacial score (nSPS) is 15.3. The number of benzene rings is 1. The Kier molecular flexibility index (Phi) is 4.06. The highest BCUT2D eigenvalue weighted by atomic mass is 15.2. The molecule has 1 saturated carbocycles. The summed E-state index contributed by atoms with van der Waals surface area (Å²) in [5.74, 6) is 0.932. The van der Waals surface area contributed by atoms with Crippen LogP contribution in [0.15, 0.2) is 24.3 Å². The van der Waals surface area contributed by atoms with E-state index in [1.165, 1.54) is 30.6 Å². The van der Waals surface area contributed by atoms with Gasteiger partial charge in [-0.3, -0.25) is 0 Å². The Labute approximate surface area is 105 Å². The lowest BCUT2D eigenvalue weighted by molar-refractivity contribution is 0.644. The molecule has 1 aliphatic carbocycles. The molecule has 2 N–H and O–H groups in total. The van der Waals surface area contributed by atoms with Crippen molar-refractivity contribution in [2.24, 2.45) is 11.7 Å². The van der Waals surface area contributed by atoms with Crippen LogP contribution in [0.3, 0.4) is 0 Å². The first-order chi connectivity index (χ1) is 8.20. The second-order valence-electron chi connectivity index (χ2n) is 5.39. The Bertz CT molecular complexity index is 338. The highest BCUT2D eigenvalue weighted by Crippen LogP contribution is 2.32. The second kappa shape index (κ2) is 5.54. The molecule has 1 fully saturated rings. The second-order valence-corrected chi connectivity index (χ2v) is 5.39. The van der Waals surface area contributed by atoms with Crippen LogP contribution in [0.1, 0.15) is 32.3 Å². The van der Waals surface area contributed by atoms with Gasteiger partial charge in [0.15, 0.2) is 0 Å². The number of nitrogens with two attached hydrogens (primary N) is 1. The topological polar surface area (TPSA) is 29.3 Å². The third-order valence-electron chi connectivity index (χ3n) is 3.48. The van der Waals surface area contributed by atoms with Crippen LogP contribution in [0.5, 0.6) is 0 Å². The molecule has 0 radical (unpaired) electrons. The van der Waals surface area contributed by atoms with E-state index in [9.17, 15) is 0 Å². The van der Waals surface area contributed by atoms with E-state index < -0.39 is 0 Å². The van der Waals surface area contributed by atoms with Gasteiger partial charge in [0.2, 0.25) is 0 Å². The summed E-state index contributed by atoms with van der Waals surface area (Å²) in [4.78, 5) is 2.52. The van der Waals surface area contributed by atoms with Gasteiger partial charge in [0, 0.05) is 18.3 Å². The number of anilines is 1. The van der Waals surface area contributed by atoms with Crippen LogP contribution in [0.4, 0.5) is 5.69 Å². The molecular weight excluding hydrogens is 208 g/mol. The average Bonchev–Trinajstić information content (AvgIpc) is 3.11. The highest BCUT2D eigenvalue weighted by Gasteiger charge is 2.25. The summed E-state index contributed by atoms with van der Waals surface area (Å²) in [6.07, 6.45) is 3.80. The van der Waals surface area contributed by atoms with Crippen molar-refractivity contribution in [2.45, 2.75) is 39.2 Å². The quantitative estimate of drug-likeness (QED) is 0.817. The first-order valence-corrected chi connectivity index (χ1v) is 6.76. The molecule has 1 aromatic carbocycles. The molecule has 1 aliphatic rings. The molecule has 0 unspecified atom stereocenters. The van der Waals surface area contributed by atoms with Crippen LogP contribution in [-0.4, -0.2) is 19.1 Å². The van der Waals surface area contributed by atoms with Crippen molar-refractivity contribution in [3.8, 4) is 0 Å². The lowest BCUT2D eigenvalue weighted by atomic mass is 10.1. The lowest BCUT2D eigenvalue weighted by Gasteiger charge is -2.29. The molecule has 2 rings (SSSR count). The molecule has 0 bridgehead atoms. The summed E-state index contributed by atoms with van der Waals surface area (Å²) < 4.78 is 0. The lowest BCUT2D eigenvalue weighted by Crippen LogP contribution is -2.32. The van der Waals surface area contributed by atoms with Crippen LogP contribution in [0.25, 0.3) is 0 Å². The molecule has 0 aliphatic heterocycles. The standard InChI is InChI=1S/C15H24N2/c1-12(2)17(11-14-3-4-14)15-7-5-13(6-8-15)9-10-16/h5-8,12,14H,3-4,9-11,16H2,1-2H3. The molecule has 0 saturated heterocycles. The third-order valence-corrected chi connectivity index (χ3v) is 3.48. The SMILES string of the molecule is CC(C)N(CC1CC1)c1ccc(CCN)cc1. The predicted molar refractivity (Wildman–Crippen MR) is 74.4 cm³/mol. The zero-order valence-corrected chi connectivity index (χ0v) is 11.0. The minimum absolute atomic E-state index is 0.580. The summed E-state index contributed by atoms with van der Waals surface area (Å²) in [7, 11) is 0. The molecule has 0 spiro atoms. The van der Waals surface area contributed by atoms with Crippen molar-refractivity contribution in [1.82, 2.24) is 0 Å². The maximum absolute atomic E-state index is 5.57. The molecule has 2 nitrogen and oxygen atoms in total. The summed E-state index contributed by atoms with van der Waals surface area (Å²) in [5, 5.41) is 0. The summed E-state index contributed by atoms with van der Waals surface area (Å²) in [6.45, 7) is 6.50. The monoisotopic (exact) mass is 232 g/mol. The van der Waals surface area contributed by atoms with Crippen molar-refractivity contribution in [3.63, 3.8) is 0 Å². The molecule has 17 heavy (non-hydrogen) atoms. The van der Waals surface area contributed by atoms with E-state index in [2.05, 4.69) is 43.0 Å². The van der Waals surface area contributed by atoms with Crippen molar-refractivity contribution in [1.29, 1.82) is 0 Å². The molecule has 1 aromatic rings. The predicted octanol–water partition coefficient (Wildman–Crippen LogP) is 2.81. The Hall–Kier alpha value is -1.02. The van der Waals surface area contributed by atoms with Gasteiger partial charge in [0.05, 0.1) is 0 Å². The van der Waals surface area contributed by atoms with Crippen LogP contribution in [-0.2, 0) is 6.42 Å². The largest absolute Gasteiger partial charge is 0.369 e. The van der Waals surface area contributed by atoms with Gasteiger partial charge in [-0.2, -0.15) is 0 Å². The molecular formula is C15H24N2. The highest BCUT2D eigenvalue weighted by molar-refractivity contribution is 5.48. The Morgan fingerprint density at radius 1 is 1.24 bits per heavy atom. The minimum atomic E-state index is 0.580. The fourth-order valence-corrected chi connectivity index (χ4v) is 2.21. The van der Waals surface area contributed by atoms with Crippen molar-refractivity contribution >= 4 is 5.69 Å². The first-order valence-electron chi connectivity index (χ1n) is 6.76.